The third kappa shape index (κ3) is 3.53. The van der Waals surface area contributed by atoms with Crippen molar-refractivity contribution in [3.63, 3.8) is 0 Å². The van der Waals surface area contributed by atoms with Gasteiger partial charge in [-0.1, -0.05) is 11.6 Å². The van der Waals surface area contributed by atoms with E-state index in [4.69, 9.17) is 11.6 Å². The van der Waals surface area contributed by atoms with E-state index in [2.05, 4.69) is 15.9 Å². The summed E-state index contributed by atoms with van der Waals surface area (Å²) >= 11 is 10.7. The average molecular weight is 328 g/mol. The molecule has 0 radical (unpaired) electrons. The van der Waals surface area contributed by atoms with Crippen molar-refractivity contribution in [2.24, 2.45) is 0 Å². The number of rotatable bonds is 3. The number of carbonyl (C=O) groups excluding carboxylic acids is 1. The van der Waals surface area contributed by atoms with E-state index >= 15 is 0 Å². The molecule has 0 saturated heterocycles. The van der Waals surface area contributed by atoms with Crippen LogP contribution < -0.4 is 0 Å². The summed E-state index contributed by atoms with van der Waals surface area (Å²) in [6, 6.07) is 8.84. The van der Waals surface area contributed by atoms with Crippen LogP contribution in [0.3, 0.4) is 0 Å². The summed E-state index contributed by atoms with van der Waals surface area (Å²) in [5.74, 6) is -0.0220. The lowest BCUT2D eigenvalue weighted by atomic mass is 10.1. The van der Waals surface area contributed by atoms with Crippen molar-refractivity contribution in [3.8, 4) is 0 Å². The van der Waals surface area contributed by atoms with E-state index in [9.17, 15) is 4.79 Å². The summed E-state index contributed by atoms with van der Waals surface area (Å²) in [5.41, 5.74) is 0.640. The maximum absolute atomic E-state index is 11.8. The van der Waals surface area contributed by atoms with Crippen LogP contribution in [0.2, 0.25) is 5.02 Å². The molecule has 0 spiro atoms. The number of allylic oxidation sites excluding steroid dienone is 1. The molecule has 0 aliphatic rings. The van der Waals surface area contributed by atoms with Gasteiger partial charge < -0.3 is 0 Å². The lowest BCUT2D eigenvalue weighted by molar-refractivity contribution is 0.104. The quantitative estimate of drug-likeness (QED) is 0.569. The summed E-state index contributed by atoms with van der Waals surface area (Å²) in [6.45, 7) is 0. The van der Waals surface area contributed by atoms with Crippen LogP contribution in [0, 0.1) is 0 Å². The molecular weight excluding hydrogens is 320 g/mol. The Labute approximate surface area is 117 Å². The molecule has 0 amide bonds. The van der Waals surface area contributed by atoms with E-state index in [0.29, 0.717) is 10.6 Å². The second-order valence-corrected chi connectivity index (χ2v) is 5.67. The number of thiophene rings is 1. The molecule has 2 aromatic rings. The first-order valence-electron chi connectivity index (χ1n) is 4.87. The van der Waals surface area contributed by atoms with Gasteiger partial charge in [-0.3, -0.25) is 4.79 Å². The summed E-state index contributed by atoms with van der Waals surface area (Å²) in [7, 11) is 0. The topological polar surface area (TPSA) is 17.1 Å². The highest BCUT2D eigenvalue weighted by Crippen LogP contribution is 2.21. The van der Waals surface area contributed by atoms with E-state index in [0.717, 1.165) is 9.35 Å². The van der Waals surface area contributed by atoms with Crippen molar-refractivity contribution < 1.29 is 4.79 Å². The SMILES string of the molecule is O=C(/C=C/c1cc(Br)cs1)c1ccc(Cl)cc1. The molecule has 0 aliphatic heterocycles. The van der Waals surface area contributed by atoms with Crippen LogP contribution in [0.4, 0.5) is 0 Å². The normalized spacial score (nSPS) is 10.9. The van der Waals surface area contributed by atoms with Gasteiger partial charge in [0.2, 0.25) is 0 Å². The summed E-state index contributed by atoms with van der Waals surface area (Å²) in [6.07, 6.45) is 3.38. The third-order valence-corrected chi connectivity index (χ3v) is 4.03. The number of carbonyl (C=O) groups is 1. The molecule has 2 rings (SSSR count). The molecule has 4 heteroatoms. The fourth-order valence-corrected chi connectivity index (χ4v) is 2.75. The van der Waals surface area contributed by atoms with E-state index in [1.54, 1.807) is 41.7 Å². The van der Waals surface area contributed by atoms with Crippen LogP contribution in [-0.2, 0) is 0 Å². The minimum Gasteiger partial charge on any atom is -0.289 e. The van der Waals surface area contributed by atoms with Crippen LogP contribution >= 0.6 is 38.9 Å². The van der Waals surface area contributed by atoms with E-state index in [1.807, 2.05) is 17.5 Å². The maximum atomic E-state index is 11.8. The Hall–Kier alpha value is -0.900. The summed E-state index contributed by atoms with van der Waals surface area (Å²) in [4.78, 5) is 12.8. The van der Waals surface area contributed by atoms with Gasteiger partial charge in [0.1, 0.15) is 0 Å². The molecule has 1 heterocycles. The van der Waals surface area contributed by atoms with Gasteiger partial charge in [-0.2, -0.15) is 0 Å². The van der Waals surface area contributed by atoms with Crippen LogP contribution in [0.1, 0.15) is 15.2 Å². The average Bonchev–Trinajstić information content (AvgIpc) is 2.73. The van der Waals surface area contributed by atoms with Gasteiger partial charge in [0.05, 0.1) is 0 Å². The van der Waals surface area contributed by atoms with Crippen molar-refractivity contribution in [2.45, 2.75) is 0 Å². The van der Waals surface area contributed by atoms with Gasteiger partial charge in [0, 0.05) is 25.3 Å². The van der Waals surface area contributed by atoms with Crippen LogP contribution in [-0.4, -0.2) is 5.78 Å². The predicted octanol–water partition coefficient (Wildman–Crippen LogP) is 5.06. The Morgan fingerprint density at radius 3 is 2.59 bits per heavy atom. The van der Waals surface area contributed by atoms with Gasteiger partial charge in [0.25, 0.3) is 0 Å². The molecule has 17 heavy (non-hydrogen) atoms. The largest absolute Gasteiger partial charge is 0.289 e. The molecule has 0 N–H and O–H groups in total. The van der Waals surface area contributed by atoms with Crippen molar-refractivity contribution in [1.82, 2.24) is 0 Å². The molecule has 0 saturated carbocycles. The zero-order chi connectivity index (χ0) is 12.3. The highest BCUT2D eigenvalue weighted by molar-refractivity contribution is 9.10. The third-order valence-electron chi connectivity index (χ3n) is 2.12. The Bertz CT molecular complexity index is 557. The fraction of sp³-hybridized carbons (Fsp3) is 0. The van der Waals surface area contributed by atoms with Gasteiger partial charge >= 0.3 is 0 Å². The van der Waals surface area contributed by atoms with Crippen LogP contribution in [0.25, 0.3) is 6.08 Å². The molecular formula is C13H8BrClOS. The fourth-order valence-electron chi connectivity index (χ4n) is 1.28. The first-order valence-corrected chi connectivity index (χ1v) is 6.92. The van der Waals surface area contributed by atoms with Gasteiger partial charge in [-0.05, 0) is 58.4 Å². The Balaban J connectivity index is 2.11. The molecule has 86 valence electrons. The van der Waals surface area contributed by atoms with E-state index in [1.165, 1.54) is 0 Å². The number of hydrogen-bond acceptors (Lipinski definition) is 2. The maximum Gasteiger partial charge on any atom is 0.185 e. The highest BCUT2D eigenvalue weighted by atomic mass is 79.9. The monoisotopic (exact) mass is 326 g/mol. The highest BCUT2D eigenvalue weighted by Gasteiger charge is 2.01. The van der Waals surface area contributed by atoms with Gasteiger partial charge in [-0.15, -0.1) is 11.3 Å². The van der Waals surface area contributed by atoms with Crippen LogP contribution in [0.5, 0.6) is 0 Å². The first kappa shape index (κ1) is 12.6. The smallest absolute Gasteiger partial charge is 0.185 e. The number of benzene rings is 1. The number of ketones is 1. The van der Waals surface area contributed by atoms with Gasteiger partial charge in [0.15, 0.2) is 5.78 Å². The number of hydrogen-bond donors (Lipinski definition) is 0. The lowest BCUT2D eigenvalue weighted by Crippen LogP contribution is -1.92. The Kier molecular flexibility index (Phi) is 4.15. The van der Waals surface area contributed by atoms with Crippen molar-refractivity contribution >= 4 is 50.7 Å². The zero-order valence-electron chi connectivity index (χ0n) is 8.69. The zero-order valence-corrected chi connectivity index (χ0v) is 11.8. The summed E-state index contributed by atoms with van der Waals surface area (Å²) < 4.78 is 1.03. The second-order valence-electron chi connectivity index (χ2n) is 3.37. The lowest BCUT2D eigenvalue weighted by Gasteiger charge is -1.95. The Morgan fingerprint density at radius 1 is 1.29 bits per heavy atom. The Morgan fingerprint density at radius 2 is 2.00 bits per heavy atom. The minimum absolute atomic E-state index is 0.0220. The molecule has 1 aromatic carbocycles. The first-order chi connectivity index (χ1) is 8.15. The predicted molar refractivity (Wildman–Crippen MR) is 76.8 cm³/mol. The molecule has 1 nitrogen and oxygen atoms in total. The molecule has 0 fully saturated rings. The molecule has 0 unspecified atom stereocenters. The molecule has 0 aliphatic carbocycles. The molecule has 1 aromatic heterocycles. The van der Waals surface area contributed by atoms with Crippen LogP contribution in [0.15, 0.2) is 46.3 Å². The van der Waals surface area contributed by atoms with Crippen molar-refractivity contribution in [3.05, 3.63) is 61.7 Å². The van der Waals surface area contributed by atoms with Gasteiger partial charge in [-0.25, -0.2) is 0 Å². The second kappa shape index (κ2) is 5.63. The minimum atomic E-state index is -0.0220. The van der Waals surface area contributed by atoms with E-state index in [-0.39, 0.29) is 5.78 Å². The summed E-state index contributed by atoms with van der Waals surface area (Å²) in [5, 5.41) is 2.61. The number of halogens is 2. The van der Waals surface area contributed by atoms with Crippen molar-refractivity contribution in [2.75, 3.05) is 0 Å². The molecule has 0 bridgehead atoms. The molecule has 0 atom stereocenters. The van der Waals surface area contributed by atoms with E-state index < -0.39 is 0 Å². The standard InChI is InChI=1S/C13H8BrClOS/c14-10-7-12(17-8-10)5-6-13(16)9-1-3-11(15)4-2-9/h1-8H/b6-5+. The van der Waals surface area contributed by atoms with Crippen molar-refractivity contribution in [1.29, 1.82) is 0 Å².